The van der Waals surface area contributed by atoms with Crippen LogP contribution in [0.15, 0.2) is 28.7 Å². The van der Waals surface area contributed by atoms with Crippen LogP contribution in [0.1, 0.15) is 13.3 Å². The number of rotatable bonds is 4. The van der Waals surface area contributed by atoms with Gasteiger partial charge in [-0.2, -0.15) is 0 Å². The van der Waals surface area contributed by atoms with E-state index >= 15 is 0 Å². The van der Waals surface area contributed by atoms with E-state index in [1.165, 1.54) is 0 Å². The number of hydrogen-bond acceptors (Lipinski definition) is 3. The number of benzene rings is 1. The number of carbonyl (C=O) groups excluding carboxylic acids is 2. The lowest BCUT2D eigenvalue weighted by Gasteiger charge is -2.18. The molecule has 1 aliphatic rings. The number of carbonyl (C=O) groups is 2. The van der Waals surface area contributed by atoms with Gasteiger partial charge in [-0.25, -0.2) is 0 Å². The molecule has 5 nitrogen and oxygen atoms in total. The number of amides is 2. The lowest BCUT2D eigenvalue weighted by atomic mass is 10.1. The molecule has 1 aromatic rings. The van der Waals surface area contributed by atoms with E-state index in [1.807, 2.05) is 31.2 Å². The molecule has 0 spiro atoms. The summed E-state index contributed by atoms with van der Waals surface area (Å²) in [5.41, 5.74) is 6.29. The Kier molecular flexibility index (Phi) is 6.64. The van der Waals surface area contributed by atoms with Crippen LogP contribution >= 0.6 is 28.3 Å². The fourth-order valence-electron chi connectivity index (χ4n) is 2.23. The molecule has 116 valence electrons. The van der Waals surface area contributed by atoms with Crippen molar-refractivity contribution < 1.29 is 9.59 Å². The molecular weight excluding hydrogens is 358 g/mol. The summed E-state index contributed by atoms with van der Waals surface area (Å²) in [6.45, 7) is 2.75. The molecule has 0 bridgehead atoms. The van der Waals surface area contributed by atoms with Crippen molar-refractivity contribution in [3.63, 3.8) is 0 Å². The summed E-state index contributed by atoms with van der Waals surface area (Å²) in [4.78, 5) is 26.0. The van der Waals surface area contributed by atoms with Crippen molar-refractivity contribution >= 4 is 45.8 Å². The zero-order valence-corrected chi connectivity index (χ0v) is 14.1. The molecule has 2 rings (SSSR count). The van der Waals surface area contributed by atoms with E-state index in [2.05, 4.69) is 21.2 Å². The van der Waals surface area contributed by atoms with Crippen molar-refractivity contribution in [2.75, 3.05) is 18.0 Å². The predicted octanol–water partition coefficient (Wildman–Crippen LogP) is 1.69. The quantitative estimate of drug-likeness (QED) is 0.785. The maximum atomic E-state index is 12.3. The first-order valence-corrected chi connectivity index (χ1v) is 7.39. The summed E-state index contributed by atoms with van der Waals surface area (Å²) in [5.74, 6) is -0.988. The Morgan fingerprint density at radius 1 is 1.57 bits per heavy atom. The summed E-state index contributed by atoms with van der Waals surface area (Å²) < 4.78 is 0.910. The molecule has 2 atom stereocenters. The first kappa shape index (κ1) is 17.9. The van der Waals surface area contributed by atoms with Gasteiger partial charge in [0.15, 0.2) is 0 Å². The maximum absolute atomic E-state index is 12.3. The smallest absolute Gasteiger partial charge is 0.239 e. The summed E-state index contributed by atoms with van der Waals surface area (Å²) in [5, 5.41) is 2.76. The number of nitrogens with two attached hydrogens (primary N) is 1. The molecule has 0 saturated carbocycles. The average molecular weight is 377 g/mol. The van der Waals surface area contributed by atoms with Gasteiger partial charge in [0.25, 0.3) is 0 Å². The number of hydrogen-bond donors (Lipinski definition) is 2. The summed E-state index contributed by atoms with van der Waals surface area (Å²) in [6.07, 6.45) is 0.536. The summed E-state index contributed by atoms with van der Waals surface area (Å²) >= 11 is 3.38. The van der Waals surface area contributed by atoms with Gasteiger partial charge in [-0.15, -0.1) is 12.4 Å². The lowest BCUT2D eigenvalue weighted by molar-refractivity contribution is -0.132. The Hall–Kier alpha value is -1.11. The SMILES string of the molecule is C[C@@H](CN)NC(=O)C1CCN(c2cccc(Br)c2)C1=O.Cl. The number of halogens is 2. The zero-order chi connectivity index (χ0) is 14.7. The minimum atomic E-state index is -0.608. The van der Waals surface area contributed by atoms with Gasteiger partial charge in [0, 0.05) is 29.3 Å². The van der Waals surface area contributed by atoms with Gasteiger partial charge in [0.1, 0.15) is 5.92 Å². The van der Waals surface area contributed by atoms with Crippen LogP contribution in [0.25, 0.3) is 0 Å². The summed E-state index contributed by atoms with van der Waals surface area (Å²) in [7, 11) is 0. The van der Waals surface area contributed by atoms with E-state index in [-0.39, 0.29) is 30.3 Å². The molecule has 3 N–H and O–H groups in total. The van der Waals surface area contributed by atoms with Crippen molar-refractivity contribution in [1.29, 1.82) is 0 Å². The Morgan fingerprint density at radius 3 is 2.90 bits per heavy atom. The second-order valence-electron chi connectivity index (χ2n) is 4.96. The van der Waals surface area contributed by atoms with Crippen molar-refractivity contribution in [2.24, 2.45) is 11.7 Å². The van der Waals surface area contributed by atoms with Crippen LogP contribution in [0.2, 0.25) is 0 Å². The largest absolute Gasteiger partial charge is 0.352 e. The molecule has 1 unspecified atom stereocenters. The molecule has 1 heterocycles. The van der Waals surface area contributed by atoms with Gasteiger partial charge in [-0.05, 0) is 31.5 Å². The van der Waals surface area contributed by atoms with Crippen LogP contribution in [0.3, 0.4) is 0 Å². The molecule has 1 aliphatic heterocycles. The Labute approximate surface area is 138 Å². The highest BCUT2D eigenvalue weighted by Gasteiger charge is 2.37. The number of nitrogens with one attached hydrogen (secondary N) is 1. The third-order valence-corrected chi connectivity index (χ3v) is 3.88. The maximum Gasteiger partial charge on any atom is 0.239 e. The highest BCUT2D eigenvalue weighted by atomic mass is 79.9. The first-order chi connectivity index (χ1) is 9.52. The fraction of sp³-hybridized carbons (Fsp3) is 0.429. The van der Waals surface area contributed by atoms with E-state index < -0.39 is 5.92 Å². The number of anilines is 1. The van der Waals surface area contributed by atoms with Crippen molar-refractivity contribution in [2.45, 2.75) is 19.4 Å². The molecule has 7 heteroatoms. The zero-order valence-electron chi connectivity index (χ0n) is 11.7. The van der Waals surface area contributed by atoms with Crippen molar-refractivity contribution in [1.82, 2.24) is 5.32 Å². The summed E-state index contributed by atoms with van der Waals surface area (Å²) in [6, 6.07) is 7.40. The van der Waals surface area contributed by atoms with Gasteiger partial charge in [0.05, 0.1) is 0 Å². The normalized spacial score (nSPS) is 19.1. The average Bonchev–Trinajstić information content (AvgIpc) is 2.80. The first-order valence-electron chi connectivity index (χ1n) is 6.60. The van der Waals surface area contributed by atoms with E-state index in [9.17, 15) is 9.59 Å². The molecule has 0 radical (unpaired) electrons. The topological polar surface area (TPSA) is 75.4 Å². The third-order valence-electron chi connectivity index (χ3n) is 3.38. The van der Waals surface area contributed by atoms with E-state index in [4.69, 9.17) is 5.73 Å². The fourth-order valence-corrected chi connectivity index (χ4v) is 2.61. The highest BCUT2D eigenvalue weighted by molar-refractivity contribution is 9.10. The minimum Gasteiger partial charge on any atom is -0.352 e. The number of nitrogens with zero attached hydrogens (tertiary/aromatic N) is 1. The van der Waals surface area contributed by atoms with Crippen molar-refractivity contribution in [3.8, 4) is 0 Å². The third kappa shape index (κ3) is 4.18. The van der Waals surface area contributed by atoms with Gasteiger partial charge in [-0.1, -0.05) is 22.0 Å². The van der Waals surface area contributed by atoms with Crippen LogP contribution in [0.4, 0.5) is 5.69 Å². The molecule has 21 heavy (non-hydrogen) atoms. The molecule has 1 saturated heterocycles. The van der Waals surface area contributed by atoms with Crippen LogP contribution < -0.4 is 16.0 Å². The molecule has 0 aliphatic carbocycles. The Bertz CT molecular complexity index is 527. The van der Waals surface area contributed by atoms with Crippen LogP contribution in [-0.4, -0.2) is 30.9 Å². The monoisotopic (exact) mass is 375 g/mol. The highest BCUT2D eigenvalue weighted by Crippen LogP contribution is 2.27. The standard InChI is InChI=1S/C14H18BrN3O2.ClH/c1-9(8-16)17-13(19)12-5-6-18(14(12)20)11-4-2-3-10(15)7-11;/h2-4,7,9,12H,5-6,8,16H2,1H3,(H,17,19);1H/t9-,12?;/m0./s1. The van der Waals surface area contributed by atoms with Gasteiger partial charge in [-0.3, -0.25) is 9.59 Å². The Balaban J connectivity index is 0.00000220. The Morgan fingerprint density at radius 2 is 2.29 bits per heavy atom. The second kappa shape index (κ2) is 7.77. The van der Waals surface area contributed by atoms with Gasteiger partial charge < -0.3 is 16.0 Å². The molecule has 1 aromatic carbocycles. The molecule has 2 amide bonds. The minimum absolute atomic E-state index is 0. The van der Waals surface area contributed by atoms with Gasteiger partial charge in [0.2, 0.25) is 11.8 Å². The predicted molar refractivity (Wildman–Crippen MR) is 88.5 cm³/mol. The van der Waals surface area contributed by atoms with Crippen LogP contribution in [0.5, 0.6) is 0 Å². The van der Waals surface area contributed by atoms with Gasteiger partial charge >= 0.3 is 0 Å². The van der Waals surface area contributed by atoms with E-state index in [0.29, 0.717) is 19.5 Å². The van der Waals surface area contributed by atoms with Crippen molar-refractivity contribution in [3.05, 3.63) is 28.7 Å². The van der Waals surface area contributed by atoms with Crippen LogP contribution in [-0.2, 0) is 9.59 Å². The molecule has 0 aromatic heterocycles. The lowest BCUT2D eigenvalue weighted by Crippen LogP contribution is -2.43. The second-order valence-corrected chi connectivity index (χ2v) is 5.87. The molecular formula is C14H19BrClN3O2. The molecule has 1 fully saturated rings. The van der Waals surface area contributed by atoms with Crippen LogP contribution in [0, 0.1) is 5.92 Å². The van der Waals surface area contributed by atoms with E-state index in [0.717, 1.165) is 10.2 Å². The van der Waals surface area contributed by atoms with E-state index in [1.54, 1.807) is 4.90 Å².